The summed E-state index contributed by atoms with van der Waals surface area (Å²) in [6.45, 7) is 8.77. The maximum Gasteiger partial charge on any atom is 0.0537 e. The van der Waals surface area contributed by atoms with Gasteiger partial charge in [-0.1, -0.05) is 0 Å². The summed E-state index contributed by atoms with van der Waals surface area (Å²) in [5.74, 6) is 0. The van der Waals surface area contributed by atoms with Crippen LogP contribution < -0.4 is 5.32 Å². The van der Waals surface area contributed by atoms with Crippen molar-refractivity contribution in [1.29, 1.82) is 0 Å². The highest BCUT2D eigenvalue weighted by atomic mass is 15.3. The predicted molar refractivity (Wildman–Crippen MR) is 60.7 cm³/mol. The number of hydrogen-bond donors (Lipinski definition) is 1. The molecular weight excluding hydrogens is 188 g/mol. The molecule has 1 atom stereocenters. The molecule has 15 heavy (non-hydrogen) atoms. The topological polar surface area (TPSA) is 33.1 Å². The highest BCUT2D eigenvalue weighted by molar-refractivity contribution is 5.15. The van der Waals surface area contributed by atoms with E-state index in [2.05, 4.69) is 29.2 Å². The minimum Gasteiger partial charge on any atom is -0.312 e. The number of aryl methyl sites for hydroxylation is 1. The number of rotatable bonds is 2. The van der Waals surface area contributed by atoms with Crippen LogP contribution in [0.25, 0.3) is 0 Å². The van der Waals surface area contributed by atoms with Crippen molar-refractivity contribution in [1.82, 2.24) is 20.0 Å². The minimum atomic E-state index is 0.607. The smallest absolute Gasteiger partial charge is 0.0537 e. The number of piperazine rings is 1. The van der Waals surface area contributed by atoms with Crippen molar-refractivity contribution in [3.63, 3.8) is 0 Å². The van der Waals surface area contributed by atoms with Crippen molar-refractivity contribution >= 4 is 0 Å². The molecule has 0 spiro atoms. The molecule has 84 valence electrons. The summed E-state index contributed by atoms with van der Waals surface area (Å²) in [7, 11) is 2.00. The van der Waals surface area contributed by atoms with Gasteiger partial charge in [0, 0.05) is 50.5 Å². The van der Waals surface area contributed by atoms with Crippen molar-refractivity contribution < 1.29 is 0 Å². The van der Waals surface area contributed by atoms with Crippen molar-refractivity contribution in [3.8, 4) is 0 Å². The fourth-order valence-electron chi connectivity index (χ4n) is 2.10. The summed E-state index contributed by atoms with van der Waals surface area (Å²) in [6.07, 6.45) is 1.99. The molecule has 0 amide bonds. The Morgan fingerprint density at radius 2 is 2.40 bits per heavy atom. The van der Waals surface area contributed by atoms with Gasteiger partial charge >= 0.3 is 0 Å². The number of hydrogen-bond acceptors (Lipinski definition) is 3. The average Bonchev–Trinajstić information content (AvgIpc) is 2.50. The van der Waals surface area contributed by atoms with Gasteiger partial charge in [0.05, 0.1) is 6.20 Å². The summed E-state index contributed by atoms with van der Waals surface area (Å²) in [6, 6.07) is 0.607. The maximum atomic E-state index is 4.28. The van der Waals surface area contributed by atoms with Crippen LogP contribution in [-0.2, 0) is 13.6 Å². The lowest BCUT2D eigenvalue weighted by atomic mass is 10.2. The molecule has 0 bridgehead atoms. The Bertz CT molecular complexity index is 331. The third kappa shape index (κ3) is 2.38. The monoisotopic (exact) mass is 208 g/mol. The van der Waals surface area contributed by atoms with Gasteiger partial charge in [-0.2, -0.15) is 5.10 Å². The summed E-state index contributed by atoms with van der Waals surface area (Å²) in [5, 5.41) is 7.73. The van der Waals surface area contributed by atoms with Gasteiger partial charge in [0.1, 0.15) is 0 Å². The van der Waals surface area contributed by atoms with Crippen LogP contribution >= 0.6 is 0 Å². The molecule has 2 heterocycles. The van der Waals surface area contributed by atoms with E-state index in [0.29, 0.717) is 6.04 Å². The number of nitrogens with one attached hydrogen (secondary N) is 1. The van der Waals surface area contributed by atoms with Crippen molar-refractivity contribution in [2.24, 2.45) is 7.05 Å². The molecular formula is C11H20N4. The zero-order valence-electron chi connectivity index (χ0n) is 9.82. The Balaban J connectivity index is 1.99. The van der Waals surface area contributed by atoms with Gasteiger partial charge in [-0.15, -0.1) is 0 Å². The molecule has 1 fully saturated rings. The van der Waals surface area contributed by atoms with E-state index in [4.69, 9.17) is 0 Å². The Kier molecular flexibility index (Phi) is 3.07. The molecule has 1 aliphatic rings. The van der Waals surface area contributed by atoms with Crippen LogP contribution in [0.15, 0.2) is 6.20 Å². The maximum absolute atomic E-state index is 4.28. The van der Waals surface area contributed by atoms with E-state index < -0.39 is 0 Å². The number of nitrogens with zero attached hydrogens (tertiary/aromatic N) is 3. The third-order valence-electron chi connectivity index (χ3n) is 3.18. The summed E-state index contributed by atoms with van der Waals surface area (Å²) in [5.41, 5.74) is 2.63. The fraction of sp³-hybridized carbons (Fsp3) is 0.727. The second-order valence-corrected chi connectivity index (χ2v) is 4.47. The van der Waals surface area contributed by atoms with Gasteiger partial charge in [-0.05, 0) is 13.8 Å². The van der Waals surface area contributed by atoms with Crippen LogP contribution in [0.2, 0.25) is 0 Å². The normalized spacial score (nSPS) is 23.3. The molecule has 4 heteroatoms. The SMILES string of the molecule is Cc1c(CN2CCN[C@@H](C)C2)cnn1C. The van der Waals surface area contributed by atoms with Crippen molar-refractivity contribution in [2.75, 3.05) is 19.6 Å². The first kappa shape index (κ1) is 10.6. The number of aromatic nitrogens is 2. The Labute approximate surface area is 91.3 Å². The van der Waals surface area contributed by atoms with E-state index >= 15 is 0 Å². The summed E-state index contributed by atoms with van der Waals surface area (Å²) in [4.78, 5) is 2.49. The summed E-state index contributed by atoms with van der Waals surface area (Å²) >= 11 is 0. The first-order valence-electron chi connectivity index (χ1n) is 5.60. The van der Waals surface area contributed by atoms with Gasteiger partial charge in [0.2, 0.25) is 0 Å². The van der Waals surface area contributed by atoms with E-state index in [1.165, 1.54) is 11.3 Å². The van der Waals surface area contributed by atoms with Gasteiger partial charge in [0.25, 0.3) is 0 Å². The molecule has 1 aliphatic heterocycles. The second-order valence-electron chi connectivity index (χ2n) is 4.47. The predicted octanol–water partition coefficient (Wildman–Crippen LogP) is 0.522. The van der Waals surface area contributed by atoms with Crippen LogP contribution in [0.4, 0.5) is 0 Å². The third-order valence-corrected chi connectivity index (χ3v) is 3.18. The Morgan fingerprint density at radius 3 is 3.00 bits per heavy atom. The molecule has 0 saturated carbocycles. The molecule has 1 aromatic heterocycles. The molecule has 1 saturated heterocycles. The van der Waals surface area contributed by atoms with Crippen molar-refractivity contribution in [3.05, 3.63) is 17.5 Å². The molecule has 0 radical (unpaired) electrons. The second kappa shape index (κ2) is 4.33. The van der Waals surface area contributed by atoms with Crippen LogP contribution in [0.5, 0.6) is 0 Å². The Hall–Kier alpha value is -0.870. The van der Waals surface area contributed by atoms with Crippen molar-refractivity contribution in [2.45, 2.75) is 26.4 Å². The van der Waals surface area contributed by atoms with Gasteiger partial charge < -0.3 is 5.32 Å². The fourth-order valence-corrected chi connectivity index (χ4v) is 2.10. The van der Waals surface area contributed by atoms with E-state index in [1.807, 2.05) is 17.9 Å². The zero-order valence-corrected chi connectivity index (χ0v) is 9.82. The zero-order chi connectivity index (χ0) is 10.8. The van der Waals surface area contributed by atoms with Gasteiger partial charge in [0.15, 0.2) is 0 Å². The highest BCUT2D eigenvalue weighted by Gasteiger charge is 2.16. The van der Waals surface area contributed by atoms with Gasteiger partial charge in [-0.25, -0.2) is 0 Å². The molecule has 1 aromatic rings. The first-order valence-corrected chi connectivity index (χ1v) is 5.60. The van der Waals surface area contributed by atoms with E-state index in [-0.39, 0.29) is 0 Å². The van der Waals surface area contributed by atoms with Crippen LogP contribution in [-0.4, -0.2) is 40.4 Å². The molecule has 4 nitrogen and oxygen atoms in total. The summed E-state index contributed by atoms with van der Waals surface area (Å²) < 4.78 is 1.95. The first-order chi connectivity index (χ1) is 7.16. The quantitative estimate of drug-likeness (QED) is 0.769. The Morgan fingerprint density at radius 1 is 1.60 bits per heavy atom. The van der Waals surface area contributed by atoms with Gasteiger partial charge in [-0.3, -0.25) is 9.58 Å². The molecule has 0 aliphatic carbocycles. The van der Waals surface area contributed by atoms with Crippen LogP contribution in [0, 0.1) is 6.92 Å². The lowest BCUT2D eigenvalue weighted by Crippen LogP contribution is -2.48. The lowest BCUT2D eigenvalue weighted by molar-refractivity contribution is 0.199. The van der Waals surface area contributed by atoms with Crippen LogP contribution in [0.3, 0.4) is 0 Å². The standard InChI is InChI=1S/C11H20N4/c1-9-7-15(5-4-12-9)8-11-6-13-14(3)10(11)2/h6,9,12H,4-5,7-8H2,1-3H3/t9-/m0/s1. The van der Waals surface area contributed by atoms with E-state index in [1.54, 1.807) is 0 Å². The van der Waals surface area contributed by atoms with E-state index in [0.717, 1.165) is 26.2 Å². The minimum absolute atomic E-state index is 0.607. The molecule has 2 rings (SSSR count). The molecule has 0 aromatic carbocycles. The average molecular weight is 208 g/mol. The molecule has 1 N–H and O–H groups in total. The largest absolute Gasteiger partial charge is 0.312 e. The van der Waals surface area contributed by atoms with E-state index in [9.17, 15) is 0 Å². The van der Waals surface area contributed by atoms with Crippen LogP contribution in [0.1, 0.15) is 18.2 Å². The molecule has 0 unspecified atom stereocenters. The highest BCUT2D eigenvalue weighted by Crippen LogP contribution is 2.10. The lowest BCUT2D eigenvalue weighted by Gasteiger charge is -2.31.